The molecule has 0 bridgehead atoms. The number of thiocarbonyl (C=S) groups is 1. The fourth-order valence-electron chi connectivity index (χ4n) is 2.45. The minimum atomic E-state index is -4.66. The highest BCUT2D eigenvalue weighted by Gasteiger charge is 2.41. The molecule has 1 aliphatic rings. The normalized spacial score (nSPS) is 17.4. The highest BCUT2D eigenvalue weighted by atomic mass is 32.1. The maximum Gasteiger partial charge on any atom is 0.445 e. The molecule has 0 radical (unpaired) electrons. The zero-order valence-corrected chi connectivity index (χ0v) is 15.9. The van der Waals surface area contributed by atoms with E-state index in [-0.39, 0.29) is 21.5 Å². The second kappa shape index (κ2) is 7.69. The van der Waals surface area contributed by atoms with Crippen molar-refractivity contribution in [3.8, 4) is 6.07 Å². The van der Waals surface area contributed by atoms with E-state index in [1.807, 2.05) is 6.07 Å². The summed E-state index contributed by atoms with van der Waals surface area (Å²) in [6.45, 7) is 0.334. The Morgan fingerprint density at radius 2 is 2.04 bits per heavy atom. The van der Waals surface area contributed by atoms with Gasteiger partial charge in [0.15, 0.2) is 11.3 Å². The number of rotatable bonds is 3. The number of carbonyl (C=O) groups is 1. The quantitative estimate of drug-likeness (QED) is 0.699. The van der Waals surface area contributed by atoms with Crippen LogP contribution in [0.2, 0.25) is 0 Å². The zero-order chi connectivity index (χ0) is 20.5. The van der Waals surface area contributed by atoms with Crippen LogP contribution in [0, 0.1) is 11.3 Å². The number of halogens is 3. The van der Waals surface area contributed by atoms with Gasteiger partial charge in [0.25, 0.3) is 0 Å². The fraction of sp³-hybridized carbons (Fsp3) is 0.312. The SMILES string of the molecule is CN1CCC(OC(=S)c2ccc(C#N)cc2)N(c2nnc(C(F)(F)F)s2)C1=O. The average Bonchev–Trinajstić information content (AvgIpc) is 3.15. The number of anilines is 1. The third-order valence-corrected chi connectivity index (χ3v) is 5.19. The number of hydrogen-bond acceptors (Lipinski definition) is 7. The van der Waals surface area contributed by atoms with Gasteiger partial charge in [-0.1, -0.05) is 11.3 Å². The summed E-state index contributed by atoms with van der Waals surface area (Å²) in [6.07, 6.45) is -5.28. The van der Waals surface area contributed by atoms with Gasteiger partial charge in [-0.05, 0) is 36.5 Å². The van der Waals surface area contributed by atoms with Gasteiger partial charge in [-0.2, -0.15) is 18.4 Å². The Morgan fingerprint density at radius 3 is 2.61 bits per heavy atom. The summed E-state index contributed by atoms with van der Waals surface area (Å²) < 4.78 is 44.3. The molecule has 2 aromatic rings. The lowest BCUT2D eigenvalue weighted by atomic mass is 10.1. The molecule has 2 heterocycles. The van der Waals surface area contributed by atoms with Crippen molar-refractivity contribution in [1.29, 1.82) is 5.26 Å². The van der Waals surface area contributed by atoms with Gasteiger partial charge in [-0.3, -0.25) is 0 Å². The van der Waals surface area contributed by atoms with Gasteiger partial charge in [0, 0.05) is 25.6 Å². The maximum absolute atomic E-state index is 12.9. The van der Waals surface area contributed by atoms with Crippen molar-refractivity contribution in [3.05, 3.63) is 40.4 Å². The van der Waals surface area contributed by atoms with E-state index >= 15 is 0 Å². The molecule has 1 aromatic heterocycles. The van der Waals surface area contributed by atoms with E-state index in [1.165, 1.54) is 11.9 Å². The number of benzene rings is 1. The summed E-state index contributed by atoms with van der Waals surface area (Å²) >= 11 is 5.50. The van der Waals surface area contributed by atoms with Gasteiger partial charge in [0.05, 0.1) is 11.6 Å². The van der Waals surface area contributed by atoms with Crippen LogP contribution in [0.4, 0.5) is 23.1 Å². The van der Waals surface area contributed by atoms with Gasteiger partial charge < -0.3 is 9.64 Å². The number of carbonyl (C=O) groups excluding carboxylic acids is 1. The lowest BCUT2D eigenvalue weighted by Crippen LogP contribution is -2.54. The molecule has 7 nitrogen and oxygen atoms in total. The van der Waals surface area contributed by atoms with Gasteiger partial charge >= 0.3 is 12.2 Å². The summed E-state index contributed by atoms with van der Waals surface area (Å²) in [4.78, 5) is 14.9. The molecule has 0 spiro atoms. The van der Waals surface area contributed by atoms with Crippen LogP contribution in [0.25, 0.3) is 0 Å². The number of hydrogen-bond donors (Lipinski definition) is 0. The molecule has 1 aromatic carbocycles. The highest BCUT2D eigenvalue weighted by Crippen LogP contribution is 2.36. The second-order valence-corrected chi connectivity index (χ2v) is 7.13. The minimum Gasteiger partial charge on any atom is -0.459 e. The second-order valence-electron chi connectivity index (χ2n) is 5.80. The Kier molecular flexibility index (Phi) is 5.48. The van der Waals surface area contributed by atoms with Crippen LogP contribution in [-0.4, -0.2) is 46.0 Å². The Hall–Kier alpha value is -2.78. The number of nitrogens with zero attached hydrogens (tertiary/aromatic N) is 5. The molecule has 0 aliphatic carbocycles. The first-order valence-corrected chi connectivity index (χ1v) is 9.09. The molecule has 1 fully saturated rings. The van der Waals surface area contributed by atoms with E-state index in [2.05, 4.69) is 10.2 Å². The third-order valence-electron chi connectivity index (χ3n) is 3.89. The van der Waals surface area contributed by atoms with Gasteiger partial charge in [-0.25, -0.2) is 9.69 Å². The molecule has 1 atom stereocenters. The number of alkyl halides is 3. The van der Waals surface area contributed by atoms with Crippen LogP contribution >= 0.6 is 23.6 Å². The van der Waals surface area contributed by atoms with Crippen LogP contribution in [0.15, 0.2) is 24.3 Å². The first-order valence-electron chi connectivity index (χ1n) is 7.87. The smallest absolute Gasteiger partial charge is 0.445 e. The topological polar surface area (TPSA) is 82.3 Å². The Labute approximate surface area is 166 Å². The van der Waals surface area contributed by atoms with E-state index in [0.29, 0.717) is 24.1 Å². The molecule has 1 aliphatic heterocycles. The molecule has 12 heteroatoms. The van der Waals surface area contributed by atoms with E-state index in [0.717, 1.165) is 4.90 Å². The van der Waals surface area contributed by atoms with Gasteiger partial charge in [-0.15, -0.1) is 10.2 Å². The molecular weight excluding hydrogens is 415 g/mol. The van der Waals surface area contributed by atoms with Crippen LogP contribution in [0.1, 0.15) is 22.6 Å². The molecule has 1 unspecified atom stereocenters. The minimum absolute atomic E-state index is 0.0532. The first kappa shape index (κ1) is 20.0. The number of nitriles is 1. The number of amides is 2. The zero-order valence-electron chi connectivity index (χ0n) is 14.3. The van der Waals surface area contributed by atoms with E-state index in [1.54, 1.807) is 24.3 Å². The van der Waals surface area contributed by atoms with Crippen molar-refractivity contribution in [2.24, 2.45) is 0 Å². The molecular formula is C16H12F3N5O2S2. The summed E-state index contributed by atoms with van der Waals surface area (Å²) in [5.74, 6) is 0. The summed E-state index contributed by atoms with van der Waals surface area (Å²) in [7, 11) is 1.52. The third kappa shape index (κ3) is 4.05. The largest absolute Gasteiger partial charge is 0.459 e. The molecule has 1 saturated heterocycles. The predicted octanol–water partition coefficient (Wildman–Crippen LogP) is 3.41. The van der Waals surface area contributed by atoms with Crippen LogP contribution in [-0.2, 0) is 10.9 Å². The van der Waals surface area contributed by atoms with Crippen molar-refractivity contribution in [2.45, 2.75) is 18.8 Å². The standard InChI is InChI=1S/C16H12F3N5O2S2/c1-23-7-6-11(26-12(27)10-4-2-9(8-20)3-5-10)24(15(23)25)14-22-21-13(28-14)16(17,18)19/h2-5,11H,6-7H2,1H3. The maximum atomic E-state index is 12.9. The predicted molar refractivity (Wildman–Crippen MR) is 97.8 cm³/mol. The number of urea groups is 1. The van der Waals surface area contributed by atoms with Crippen molar-refractivity contribution in [1.82, 2.24) is 15.1 Å². The van der Waals surface area contributed by atoms with Crippen molar-refractivity contribution >= 4 is 39.8 Å². The highest BCUT2D eigenvalue weighted by molar-refractivity contribution is 7.80. The Morgan fingerprint density at radius 1 is 1.36 bits per heavy atom. The van der Waals surface area contributed by atoms with Crippen molar-refractivity contribution in [3.63, 3.8) is 0 Å². The molecule has 0 N–H and O–H groups in total. The van der Waals surface area contributed by atoms with E-state index in [9.17, 15) is 18.0 Å². The van der Waals surface area contributed by atoms with Gasteiger partial charge in [0.2, 0.25) is 10.1 Å². The Bertz CT molecular complexity index is 939. The summed E-state index contributed by atoms with van der Waals surface area (Å²) in [6, 6.07) is 7.71. The monoisotopic (exact) mass is 427 g/mol. The molecule has 2 amide bonds. The first-order chi connectivity index (χ1) is 13.2. The molecule has 3 rings (SSSR count). The Balaban J connectivity index is 1.85. The van der Waals surface area contributed by atoms with Crippen LogP contribution in [0.3, 0.4) is 0 Å². The summed E-state index contributed by atoms with van der Waals surface area (Å²) in [5.41, 5.74) is 0.949. The van der Waals surface area contributed by atoms with Crippen LogP contribution in [0.5, 0.6) is 0 Å². The van der Waals surface area contributed by atoms with Crippen LogP contribution < -0.4 is 4.90 Å². The van der Waals surface area contributed by atoms with Gasteiger partial charge in [0.1, 0.15) is 0 Å². The molecule has 28 heavy (non-hydrogen) atoms. The summed E-state index contributed by atoms with van der Waals surface area (Å²) in [5, 5.41) is 14.2. The lowest BCUT2D eigenvalue weighted by molar-refractivity contribution is -0.138. The number of ether oxygens (including phenoxy) is 1. The average molecular weight is 427 g/mol. The number of aromatic nitrogens is 2. The molecule has 146 valence electrons. The van der Waals surface area contributed by atoms with E-state index in [4.69, 9.17) is 22.2 Å². The van der Waals surface area contributed by atoms with E-state index < -0.39 is 23.4 Å². The van der Waals surface area contributed by atoms with Crippen molar-refractivity contribution < 1.29 is 22.7 Å². The lowest BCUT2D eigenvalue weighted by Gasteiger charge is -2.37. The molecule has 0 saturated carbocycles. The van der Waals surface area contributed by atoms with Crippen molar-refractivity contribution in [2.75, 3.05) is 18.5 Å². The fourth-order valence-corrected chi connectivity index (χ4v) is 3.45.